The summed E-state index contributed by atoms with van der Waals surface area (Å²) in [6.45, 7) is 6.40. The number of likely N-dealkylation sites (tertiary alicyclic amines) is 1. The van der Waals surface area contributed by atoms with Crippen LogP contribution in [0.4, 0.5) is 4.39 Å². The summed E-state index contributed by atoms with van der Waals surface area (Å²) in [6.07, 6.45) is 4.59. The largest absolute Gasteiger partial charge is 0.497 e. The van der Waals surface area contributed by atoms with E-state index in [4.69, 9.17) is 10.5 Å². The molecule has 0 amide bonds. The van der Waals surface area contributed by atoms with Crippen molar-refractivity contribution in [1.29, 1.82) is 0 Å². The second kappa shape index (κ2) is 6.75. The Morgan fingerprint density at radius 1 is 1.33 bits per heavy atom. The molecule has 0 bridgehead atoms. The first-order chi connectivity index (χ1) is 10.0. The molecule has 2 N–H and O–H groups in total. The van der Waals surface area contributed by atoms with E-state index in [0.717, 1.165) is 19.5 Å². The third kappa shape index (κ3) is 3.22. The van der Waals surface area contributed by atoms with Gasteiger partial charge < -0.3 is 10.5 Å². The molecule has 1 fully saturated rings. The number of methoxy groups -OCH3 is 1. The molecule has 0 spiro atoms. The lowest BCUT2D eigenvalue weighted by Crippen LogP contribution is -2.54. The fourth-order valence-corrected chi connectivity index (χ4v) is 3.27. The average Bonchev–Trinajstić information content (AvgIpc) is 2.54. The Labute approximate surface area is 127 Å². The SMILES string of the molecule is CCC(C)(C(N)c1ccc(OC)cc1F)N1CCCCC1. The molecule has 4 heteroatoms. The zero-order valence-electron chi connectivity index (χ0n) is 13.4. The van der Waals surface area contributed by atoms with Crippen LogP contribution in [0, 0.1) is 5.82 Å². The maximum atomic E-state index is 14.3. The number of benzene rings is 1. The highest BCUT2D eigenvalue weighted by atomic mass is 19.1. The Bertz CT molecular complexity index is 474. The molecule has 1 saturated heterocycles. The van der Waals surface area contributed by atoms with Crippen LogP contribution in [0.3, 0.4) is 0 Å². The number of hydrogen-bond acceptors (Lipinski definition) is 3. The number of ether oxygens (including phenoxy) is 1. The predicted molar refractivity (Wildman–Crippen MR) is 84.0 cm³/mol. The van der Waals surface area contributed by atoms with Crippen molar-refractivity contribution >= 4 is 0 Å². The second-order valence-corrected chi connectivity index (χ2v) is 6.12. The molecule has 2 atom stereocenters. The smallest absolute Gasteiger partial charge is 0.131 e. The monoisotopic (exact) mass is 294 g/mol. The van der Waals surface area contributed by atoms with Crippen LogP contribution in [0.25, 0.3) is 0 Å². The Kier molecular flexibility index (Phi) is 5.22. The first kappa shape index (κ1) is 16.2. The summed E-state index contributed by atoms with van der Waals surface area (Å²) in [7, 11) is 1.54. The zero-order chi connectivity index (χ0) is 15.5. The highest BCUT2D eigenvalue weighted by Crippen LogP contribution is 2.36. The van der Waals surface area contributed by atoms with Crippen molar-refractivity contribution in [3.8, 4) is 5.75 Å². The van der Waals surface area contributed by atoms with E-state index < -0.39 is 0 Å². The molecule has 0 saturated carbocycles. The lowest BCUT2D eigenvalue weighted by Gasteiger charge is -2.47. The highest BCUT2D eigenvalue weighted by molar-refractivity contribution is 5.32. The fourth-order valence-electron chi connectivity index (χ4n) is 3.27. The van der Waals surface area contributed by atoms with Gasteiger partial charge in [0.05, 0.1) is 13.2 Å². The molecule has 0 aromatic heterocycles. The van der Waals surface area contributed by atoms with Crippen molar-refractivity contribution in [3.05, 3.63) is 29.6 Å². The first-order valence-electron chi connectivity index (χ1n) is 7.87. The quantitative estimate of drug-likeness (QED) is 0.903. The number of hydrogen-bond donors (Lipinski definition) is 1. The van der Waals surface area contributed by atoms with Gasteiger partial charge in [0.1, 0.15) is 11.6 Å². The summed E-state index contributed by atoms with van der Waals surface area (Å²) in [6, 6.07) is 4.62. The number of rotatable bonds is 5. The molecule has 0 aliphatic carbocycles. The third-order valence-corrected chi connectivity index (χ3v) is 5.01. The number of piperidine rings is 1. The molecule has 1 aromatic rings. The van der Waals surface area contributed by atoms with Gasteiger partial charge in [-0.15, -0.1) is 0 Å². The summed E-state index contributed by atoms with van der Waals surface area (Å²) in [5.74, 6) is 0.248. The standard InChI is InChI=1S/C17H27FN2O/c1-4-17(2,20-10-6-5-7-11-20)16(19)14-9-8-13(21-3)12-15(14)18/h8-9,12,16H,4-7,10-11,19H2,1-3H3. The van der Waals surface area contributed by atoms with Gasteiger partial charge in [-0.1, -0.05) is 19.4 Å². The number of nitrogens with zero attached hydrogens (tertiary/aromatic N) is 1. The topological polar surface area (TPSA) is 38.5 Å². The zero-order valence-corrected chi connectivity index (χ0v) is 13.4. The van der Waals surface area contributed by atoms with E-state index in [1.807, 2.05) is 0 Å². The molecule has 3 nitrogen and oxygen atoms in total. The van der Waals surface area contributed by atoms with Crippen LogP contribution in [-0.2, 0) is 0 Å². The number of halogens is 1. The van der Waals surface area contributed by atoms with Gasteiger partial charge >= 0.3 is 0 Å². The van der Waals surface area contributed by atoms with E-state index in [-0.39, 0.29) is 17.4 Å². The van der Waals surface area contributed by atoms with Gasteiger partial charge in [0.25, 0.3) is 0 Å². The summed E-state index contributed by atoms with van der Waals surface area (Å²) in [4.78, 5) is 2.44. The Morgan fingerprint density at radius 2 is 2.00 bits per heavy atom. The molecule has 1 heterocycles. The van der Waals surface area contributed by atoms with Crippen molar-refractivity contribution in [3.63, 3.8) is 0 Å². The van der Waals surface area contributed by atoms with Crippen LogP contribution in [-0.4, -0.2) is 30.6 Å². The van der Waals surface area contributed by atoms with Crippen LogP contribution in [0.1, 0.15) is 51.1 Å². The minimum Gasteiger partial charge on any atom is -0.497 e. The molecule has 1 aliphatic heterocycles. The normalized spacial score (nSPS) is 20.8. The molecule has 118 valence electrons. The Morgan fingerprint density at radius 3 is 2.52 bits per heavy atom. The molecule has 2 unspecified atom stereocenters. The lowest BCUT2D eigenvalue weighted by atomic mass is 9.82. The summed E-state index contributed by atoms with van der Waals surface area (Å²) in [5, 5.41) is 0. The maximum absolute atomic E-state index is 14.3. The van der Waals surface area contributed by atoms with E-state index in [1.165, 1.54) is 32.4 Å². The molecule has 1 aliphatic rings. The number of nitrogens with two attached hydrogens (primary N) is 1. The van der Waals surface area contributed by atoms with Gasteiger partial charge in [-0.25, -0.2) is 4.39 Å². The van der Waals surface area contributed by atoms with Crippen molar-refractivity contribution in [2.75, 3.05) is 20.2 Å². The molecule has 2 rings (SSSR count). The second-order valence-electron chi connectivity index (χ2n) is 6.12. The Hall–Kier alpha value is -1.13. The molecule has 0 radical (unpaired) electrons. The average molecular weight is 294 g/mol. The van der Waals surface area contributed by atoms with Gasteiger partial charge in [0.2, 0.25) is 0 Å². The summed E-state index contributed by atoms with van der Waals surface area (Å²) < 4.78 is 19.4. The molecule has 1 aromatic carbocycles. The van der Waals surface area contributed by atoms with Gasteiger partial charge in [-0.3, -0.25) is 4.90 Å². The van der Waals surface area contributed by atoms with Crippen LogP contribution in [0.15, 0.2) is 18.2 Å². The van der Waals surface area contributed by atoms with Gasteiger partial charge in [0.15, 0.2) is 0 Å². The van der Waals surface area contributed by atoms with Gasteiger partial charge in [-0.2, -0.15) is 0 Å². The highest BCUT2D eigenvalue weighted by Gasteiger charge is 2.38. The van der Waals surface area contributed by atoms with Crippen LogP contribution >= 0.6 is 0 Å². The van der Waals surface area contributed by atoms with Crippen LogP contribution < -0.4 is 10.5 Å². The predicted octanol–water partition coefficient (Wildman–Crippen LogP) is 3.49. The van der Waals surface area contributed by atoms with Crippen LogP contribution in [0.2, 0.25) is 0 Å². The van der Waals surface area contributed by atoms with Crippen LogP contribution in [0.5, 0.6) is 5.75 Å². The van der Waals surface area contributed by atoms with Gasteiger partial charge in [0, 0.05) is 17.2 Å². The molecule has 21 heavy (non-hydrogen) atoms. The van der Waals surface area contributed by atoms with E-state index in [2.05, 4.69) is 18.7 Å². The summed E-state index contributed by atoms with van der Waals surface area (Å²) >= 11 is 0. The first-order valence-corrected chi connectivity index (χ1v) is 7.87. The van der Waals surface area contributed by atoms with Crippen molar-refractivity contribution in [2.24, 2.45) is 5.73 Å². The Balaban J connectivity index is 2.28. The van der Waals surface area contributed by atoms with E-state index in [0.29, 0.717) is 11.3 Å². The molecular weight excluding hydrogens is 267 g/mol. The fraction of sp³-hybridized carbons (Fsp3) is 0.647. The minimum absolute atomic E-state index is 0.212. The van der Waals surface area contributed by atoms with Crippen molar-refractivity contribution < 1.29 is 9.13 Å². The summed E-state index contributed by atoms with van der Waals surface area (Å²) in [5.41, 5.74) is 6.85. The van der Waals surface area contributed by atoms with Gasteiger partial charge in [-0.05, 0) is 45.3 Å². The lowest BCUT2D eigenvalue weighted by molar-refractivity contribution is 0.0533. The van der Waals surface area contributed by atoms with E-state index >= 15 is 0 Å². The van der Waals surface area contributed by atoms with Crippen molar-refractivity contribution in [2.45, 2.75) is 51.1 Å². The minimum atomic E-state index is -0.341. The third-order valence-electron chi connectivity index (χ3n) is 5.01. The van der Waals surface area contributed by atoms with E-state index in [1.54, 1.807) is 12.1 Å². The van der Waals surface area contributed by atoms with E-state index in [9.17, 15) is 4.39 Å². The maximum Gasteiger partial charge on any atom is 0.131 e. The van der Waals surface area contributed by atoms with Crippen molar-refractivity contribution in [1.82, 2.24) is 4.90 Å². The molecular formula is C17H27FN2O.